The van der Waals surface area contributed by atoms with Gasteiger partial charge < -0.3 is 38.0 Å². The molecular formula is C27H38N6O5. The van der Waals surface area contributed by atoms with Crippen LogP contribution in [0, 0.1) is 0 Å². The van der Waals surface area contributed by atoms with Crippen LogP contribution in [0.4, 0.5) is 0 Å². The molecule has 0 radical (unpaired) electrons. The van der Waals surface area contributed by atoms with Crippen molar-refractivity contribution in [3.8, 4) is 5.75 Å². The van der Waals surface area contributed by atoms with Crippen molar-refractivity contribution in [3.05, 3.63) is 65.7 Å². The van der Waals surface area contributed by atoms with Crippen LogP contribution in [0.3, 0.4) is 0 Å². The number of Topliss-reactive ketones (excluding diaryl/α,β-unsaturated/α-hetero) is 1. The van der Waals surface area contributed by atoms with Gasteiger partial charge in [-0.25, -0.2) is 0 Å². The first-order valence-corrected chi connectivity index (χ1v) is 12.5. The quantitative estimate of drug-likeness (QED) is 0.0942. The molecule has 0 spiro atoms. The largest absolute Gasteiger partial charge is 0.508 e. The van der Waals surface area contributed by atoms with Gasteiger partial charge in [-0.2, -0.15) is 0 Å². The Kier molecular flexibility index (Phi) is 12.2. The van der Waals surface area contributed by atoms with Crippen molar-refractivity contribution in [3.63, 3.8) is 0 Å². The number of aliphatic imine (C=N–C) groups is 1. The number of aliphatic hydroxyl groups excluding tert-OH is 1. The number of benzene rings is 2. The number of aromatic hydroxyl groups is 1. The molecule has 2 aromatic rings. The van der Waals surface area contributed by atoms with Crippen LogP contribution >= 0.6 is 0 Å². The number of ketones is 1. The number of guanidine groups is 1. The fourth-order valence-corrected chi connectivity index (χ4v) is 3.81. The van der Waals surface area contributed by atoms with Gasteiger partial charge in [-0.1, -0.05) is 42.5 Å². The number of hydrogen-bond donors (Lipinski definition) is 7. The zero-order valence-corrected chi connectivity index (χ0v) is 21.5. The highest BCUT2D eigenvalue weighted by Crippen LogP contribution is 2.12. The topological polar surface area (TPSA) is 206 Å². The van der Waals surface area contributed by atoms with E-state index in [-0.39, 0.29) is 30.3 Å². The normalized spacial score (nSPS) is 14.0. The van der Waals surface area contributed by atoms with Crippen molar-refractivity contribution in [2.45, 2.75) is 63.3 Å². The van der Waals surface area contributed by atoms with Crippen LogP contribution in [-0.2, 0) is 27.2 Å². The van der Waals surface area contributed by atoms with Gasteiger partial charge in [0.25, 0.3) is 0 Å². The van der Waals surface area contributed by atoms with Gasteiger partial charge in [0, 0.05) is 13.0 Å². The van der Waals surface area contributed by atoms with Gasteiger partial charge >= 0.3 is 0 Å². The molecule has 0 aliphatic heterocycles. The number of carbonyl (C=O) groups excluding carboxylic acids is 3. The second kappa shape index (κ2) is 15.3. The minimum atomic E-state index is -1.32. The number of nitrogens with two attached hydrogens (primary N) is 3. The first-order valence-electron chi connectivity index (χ1n) is 12.5. The van der Waals surface area contributed by atoms with Crippen molar-refractivity contribution in [1.82, 2.24) is 10.6 Å². The molecule has 4 atom stereocenters. The van der Waals surface area contributed by atoms with Crippen LogP contribution < -0.4 is 27.8 Å². The SMILES string of the molecule is C[C@@H](O)[C@H](NC(=O)[C@@H](N)Cc1ccc(O)cc1)C(=O)N[C@@H](CCCCN=C(N)N)C(=O)Cc1ccccc1. The summed E-state index contributed by atoms with van der Waals surface area (Å²) in [6.07, 6.45) is 0.526. The van der Waals surface area contributed by atoms with Crippen molar-refractivity contribution in [2.24, 2.45) is 22.2 Å². The number of phenolic OH excluding ortho intramolecular Hbond substituents is 1. The van der Waals surface area contributed by atoms with Gasteiger partial charge in [0.15, 0.2) is 11.7 Å². The Morgan fingerprint density at radius 1 is 0.921 bits per heavy atom. The van der Waals surface area contributed by atoms with Gasteiger partial charge in [-0.05, 0) is 55.9 Å². The smallest absolute Gasteiger partial charge is 0.245 e. The molecule has 0 aliphatic rings. The molecule has 0 unspecified atom stereocenters. The third kappa shape index (κ3) is 10.6. The lowest BCUT2D eigenvalue weighted by molar-refractivity contribution is -0.134. The Bertz CT molecular complexity index is 1070. The summed E-state index contributed by atoms with van der Waals surface area (Å²) in [7, 11) is 0. The molecule has 0 heterocycles. The summed E-state index contributed by atoms with van der Waals surface area (Å²) in [6, 6.07) is 12.2. The summed E-state index contributed by atoms with van der Waals surface area (Å²) in [6.45, 7) is 1.76. The van der Waals surface area contributed by atoms with E-state index < -0.39 is 36.0 Å². The molecule has 11 heteroatoms. The Labute approximate surface area is 222 Å². The number of amides is 2. The van der Waals surface area contributed by atoms with Crippen LogP contribution in [0.1, 0.15) is 37.3 Å². The van der Waals surface area contributed by atoms with Crippen LogP contribution in [0.2, 0.25) is 0 Å². The van der Waals surface area contributed by atoms with Crippen molar-refractivity contribution < 1.29 is 24.6 Å². The second-order valence-corrected chi connectivity index (χ2v) is 9.20. The minimum Gasteiger partial charge on any atom is -0.508 e. The summed E-state index contributed by atoms with van der Waals surface area (Å²) < 4.78 is 0. The number of carbonyl (C=O) groups is 3. The summed E-state index contributed by atoms with van der Waals surface area (Å²) in [5.41, 5.74) is 18.2. The summed E-state index contributed by atoms with van der Waals surface area (Å²) in [5.74, 6) is -1.46. The van der Waals surface area contributed by atoms with Crippen molar-refractivity contribution in [2.75, 3.05) is 6.54 Å². The Morgan fingerprint density at radius 2 is 1.58 bits per heavy atom. The first kappa shape index (κ1) is 30.3. The van der Waals surface area contributed by atoms with E-state index in [9.17, 15) is 24.6 Å². The molecule has 0 saturated carbocycles. The lowest BCUT2D eigenvalue weighted by Gasteiger charge is -2.25. The van der Waals surface area contributed by atoms with Gasteiger partial charge in [0.1, 0.15) is 11.8 Å². The van der Waals surface area contributed by atoms with E-state index in [2.05, 4.69) is 15.6 Å². The van der Waals surface area contributed by atoms with E-state index in [0.717, 1.165) is 11.1 Å². The highest BCUT2D eigenvalue weighted by atomic mass is 16.3. The van der Waals surface area contributed by atoms with Gasteiger partial charge in [0.2, 0.25) is 11.8 Å². The van der Waals surface area contributed by atoms with E-state index in [0.29, 0.717) is 25.8 Å². The van der Waals surface area contributed by atoms with E-state index in [1.165, 1.54) is 19.1 Å². The average molecular weight is 527 g/mol. The molecule has 2 amide bonds. The maximum atomic E-state index is 13.1. The predicted octanol–water partition coefficient (Wildman–Crippen LogP) is -0.132. The number of phenols is 1. The van der Waals surface area contributed by atoms with Gasteiger partial charge in [0.05, 0.1) is 18.2 Å². The predicted molar refractivity (Wildman–Crippen MR) is 145 cm³/mol. The second-order valence-electron chi connectivity index (χ2n) is 9.20. The number of unbranched alkanes of at least 4 members (excludes halogenated alkanes) is 1. The fraction of sp³-hybridized carbons (Fsp3) is 0.407. The third-order valence-corrected chi connectivity index (χ3v) is 5.91. The van der Waals surface area contributed by atoms with Crippen molar-refractivity contribution in [1.29, 1.82) is 0 Å². The molecule has 2 rings (SSSR count). The number of hydrogen-bond acceptors (Lipinski definition) is 7. The summed E-state index contributed by atoms with van der Waals surface area (Å²) in [5, 5.41) is 24.9. The van der Waals surface area contributed by atoms with E-state index in [1.54, 1.807) is 12.1 Å². The highest BCUT2D eigenvalue weighted by Gasteiger charge is 2.31. The van der Waals surface area contributed by atoms with Gasteiger partial charge in [-0.3, -0.25) is 19.4 Å². The maximum Gasteiger partial charge on any atom is 0.245 e. The van der Waals surface area contributed by atoms with E-state index >= 15 is 0 Å². The number of nitrogens with zero attached hydrogens (tertiary/aromatic N) is 1. The molecule has 0 bridgehead atoms. The van der Waals surface area contributed by atoms with Crippen LogP contribution in [0.15, 0.2) is 59.6 Å². The third-order valence-electron chi connectivity index (χ3n) is 5.91. The first-order chi connectivity index (χ1) is 18.1. The summed E-state index contributed by atoms with van der Waals surface area (Å²) in [4.78, 5) is 42.9. The highest BCUT2D eigenvalue weighted by molar-refractivity contribution is 5.94. The molecule has 0 fully saturated rings. The fourth-order valence-electron chi connectivity index (χ4n) is 3.81. The monoisotopic (exact) mass is 526 g/mol. The zero-order chi connectivity index (χ0) is 28.1. The molecule has 2 aromatic carbocycles. The molecule has 11 nitrogen and oxygen atoms in total. The zero-order valence-electron chi connectivity index (χ0n) is 21.5. The van der Waals surface area contributed by atoms with Crippen molar-refractivity contribution >= 4 is 23.6 Å². The Balaban J connectivity index is 2.06. The standard InChI is InChI=1S/C27H38N6O5/c1-17(34)24(33-25(37)21(28)15-19-10-12-20(35)13-11-19)26(38)32-22(9-5-6-14-31-27(29)30)23(36)16-18-7-3-2-4-8-18/h2-4,7-8,10-13,17,21-22,24,34-35H,5-6,9,14-16,28H2,1H3,(H,32,38)(H,33,37)(H4,29,30,31)/t17-,21+,22+,24+/m1/s1. The maximum absolute atomic E-state index is 13.1. The van der Waals surface area contributed by atoms with Crippen LogP contribution in [0.5, 0.6) is 5.75 Å². The summed E-state index contributed by atoms with van der Waals surface area (Å²) >= 11 is 0. The lowest BCUT2D eigenvalue weighted by atomic mass is 9.98. The van der Waals surface area contributed by atoms with E-state index in [1.807, 2.05) is 30.3 Å². The molecular weight excluding hydrogens is 488 g/mol. The minimum absolute atomic E-state index is 0.0193. The van der Waals surface area contributed by atoms with Crippen LogP contribution in [-0.4, -0.2) is 64.5 Å². The molecule has 0 aromatic heterocycles. The Morgan fingerprint density at radius 3 is 2.18 bits per heavy atom. The Hall–Kier alpha value is -3.96. The van der Waals surface area contributed by atoms with Gasteiger partial charge in [-0.15, -0.1) is 0 Å². The van der Waals surface area contributed by atoms with E-state index in [4.69, 9.17) is 17.2 Å². The number of aliphatic hydroxyl groups is 1. The molecule has 38 heavy (non-hydrogen) atoms. The lowest BCUT2D eigenvalue weighted by Crippen LogP contribution is -2.58. The molecule has 0 aliphatic carbocycles. The number of nitrogens with one attached hydrogen (secondary N) is 2. The average Bonchev–Trinajstić information content (AvgIpc) is 2.87. The van der Waals surface area contributed by atoms with Crippen LogP contribution in [0.25, 0.3) is 0 Å². The molecule has 206 valence electrons. The molecule has 0 saturated heterocycles. The number of rotatable bonds is 15. The molecule has 10 N–H and O–H groups in total.